The topological polar surface area (TPSA) is 216 Å². The van der Waals surface area contributed by atoms with Crippen molar-refractivity contribution in [3.63, 3.8) is 0 Å². The lowest BCUT2D eigenvalue weighted by Crippen LogP contribution is -2.64. The van der Waals surface area contributed by atoms with Crippen LogP contribution >= 0.6 is 0 Å². The van der Waals surface area contributed by atoms with Crippen LogP contribution in [0.3, 0.4) is 0 Å². The van der Waals surface area contributed by atoms with E-state index in [-0.39, 0.29) is 68.7 Å². The van der Waals surface area contributed by atoms with Gasteiger partial charge in [-0.3, -0.25) is 19.2 Å². The number of H-pyrrole nitrogens is 2. The van der Waals surface area contributed by atoms with E-state index >= 15 is 0 Å². The molecule has 2 amide bonds. The van der Waals surface area contributed by atoms with Crippen LogP contribution < -0.4 is 11.4 Å². The molecule has 0 unspecified atom stereocenters. The minimum absolute atomic E-state index is 0.00417. The third kappa shape index (κ3) is 15.9. The van der Waals surface area contributed by atoms with E-state index in [1.807, 2.05) is 0 Å². The molecule has 3 N–H and O–H groups in total. The Kier molecular flexibility index (Phi) is 21.0. The Morgan fingerprint density at radius 3 is 1.27 bits per heavy atom. The molecule has 2 fully saturated rings. The number of amides is 2. The number of hydrogen-bond donors (Lipinski definition) is 3. The number of carbonyl (C=O) groups is 2. The Hall–Kier alpha value is -10.2. The number of carbonyl (C=O) groups excluding carboxylic acids is 2. The Labute approximate surface area is 544 Å². The van der Waals surface area contributed by atoms with Crippen LogP contribution in [0.2, 0.25) is 0 Å². The molecule has 512 valence electrons. The van der Waals surface area contributed by atoms with Crippen LogP contribution in [0.1, 0.15) is 107 Å². The number of nitrogens with one attached hydrogen (secondary N) is 2. The van der Waals surface area contributed by atoms with E-state index in [9.17, 15) is 77.1 Å². The number of aromatic amines is 2. The number of benzene rings is 6. The molecule has 0 saturated carbocycles. The second-order valence-electron chi connectivity index (χ2n) is 23.1. The number of likely N-dealkylation sites (tertiary alicyclic amines) is 2. The van der Waals surface area contributed by atoms with E-state index in [1.165, 1.54) is 30.0 Å². The fourth-order valence-corrected chi connectivity index (χ4v) is 11.8. The average molecular weight is 1370 g/mol. The van der Waals surface area contributed by atoms with Gasteiger partial charge in [0.05, 0.1) is 77.9 Å². The molecule has 0 spiro atoms. The summed E-state index contributed by atoms with van der Waals surface area (Å²) in [5.74, 6) is 0. The van der Waals surface area contributed by atoms with Crippen LogP contribution in [-0.2, 0) is 79.1 Å². The summed E-state index contributed by atoms with van der Waals surface area (Å²) in [5, 5.41) is 24.9. The highest BCUT2D eigenvalue weighted by molar-refractivity contribution is 5.74. The number of alkyl halides is 12. The molecule has 6 aromatic carbocycles. The largest absolute Gasteiger partial charge is 0.445 e. The van der Waals surface area contributed by atoms with Crippen molar-refractivity contribution in [2.45, 2.75) is 112 Å². The van der Waals surface area contributed by atoms with Crippen molar-refractivity contribution in [2.24, 2.45) is 5.16 Å². The van der Waals surface area contributed by atoms with Gasteiger partial charge in [-0.2, -0.15) is 62.9 Å². The lowest BCUT2D eigenvalue weighted by atomic mass is 9.75. The summed E-state index contributed by atoms with van der Waals surface area (Å²) >= 11 is 0. The second-order valence-corrected chi connectivity index (χ2v) is 23.1. The minimum Gasteiger partial charge on any atom is -0.445 e. The first-order valence-corrected chi connectivity index (χ1v) is 29.6. The van der Waals surface area contributed by atoms with Crippen LogP contribution in [-0.4, -0.2) is 89.2 Å². The predicted molar refractivity (Wildman–Crippen MR) is 322 cm³/mol. The van der Waals surface area contributed by atoms with Gasteiger partial charge < -0.3 is 24.2 Å². The molecule has 2 aliphatic rings. The number of aromatic nitrogens is 6. The van der Waals surface area contributed by atoms with Crippen LogP contribution in [0.15, 0.2) is 185 Å². The fourth-order valence-electron chi connectivity index (χ4n) is 11.8. The molecule has 0 aliphatic carbocycles. The lowest BCUT2D eigenvalue weighted by molar-refractivity contribution is -0.145. The van der Waals surface area contributed by atoms with Gasteiger partial charge in [-0.05, 0) is 103 Å². The van der Waals surface area contributed by atoms with Crippen molar-refractivity contribution in [1.29, 1.82) is 0 Å². The Balaban J connectivity index is 0.000000227. The van der Waals surface area contributed by atoms with Crippen molar-refractivity contribution < 1.29 is 86.4 Å². The summed E-state index contributed by atoms with van der Waals surface area (Å²) in [4.78, 5) is 59.8. The van der Waals surface area contributed by atoms with E-state index < -0.39 is 125 Å². The summed E-state index contributed by atoms with van der Waals surface area (Å²) in [6, 6.07) is 36.9. The molecular formula is C66H60F12N10O9. The van der Waals surface area contributed by atoms with Gasteiger partial charge in [-0.25, -0.2) is 40.5 Å². The van der Waals surface area contributed by atoms with Gasteiger partial charge >= 0.3 is 53.9 Å². The third-order valence-electron chi connectivity index (χ3n) is 17.1. The lowest BCUT2D eigenvalue weighted by Gasteiger charge is -2.52. The van der Waals surface area contributed by atoms with E-state index in [1.54, 1.807) is 121 Å². The summed E-state index contributed by atoms with van der Waals surface area (Å²) in [6.45, 7) is 8.83. The molecule has 10 rings (SSSR count). The predicted octanol–water partition coefficient (Wildman–Crippen LogP) is 14.2. The van der Waals surface area contributed by atoms with Gasteiger partial charge in [0.1, 0.15) is 38.0 Å². The number of rotatable bonds is 17. The Morgan fingerprint density at radius 2 is 0.918 bits per heavy atom. The summed E-state index contributed by atoms with van der Waals surface area (Å²) in [5.41, 5.74) is -11.7. The van der Waals surface area contributed by atoms with Crippen molar-refractivity contribution in [2.75, 3.05) is 26.3 Å². The maximum atomic E-state index is 14.1. The highest BCUT2D eigenvalue weighted by atomic mass is 19.4. The molecule has 8 aromatic rings. The molecular weight excluding hydrogens is 1300 g/mol. The molecule has 2 aliphatic heterocycles. The normalized spacial score (nSPS) is 20.7. The van der Waals surface area contributed by atoms with Crippen molar-refractivity contribution in [3.8, 4) is 0 Å². The maximum absolute atomic E-state index is 14.1. The molecule has 6 atom stereocenters. The SMILES string of the molecule is C[C@@H](OC[C@@]1(c2ccccc2)CC[C@](/C=N/O)(n2cn[nH]c2=O)CN1C(=O)OCc1ccccc1)c1cc(C(F)(F)F)cc(C(F)(F)F)c1.[C-]#[N+][C@]1(n2cn[nH]c2=O)CC[C@@](CO[C@H](C)c2cc(C(F)(F)F)cc(C(F)(F)F)c2)(c2ccccc2)N(C(=O)OCc2ccccc2)C1. The fraction of sp³-hybridized carbons (Fsp3) is 0.333. The standard InChI is InChI=1S/C33H31F6N5O5.C33H29F6N5O4/c1-22(24-14-26(32(34,35)36)16-27(15-24)33(37,38)39)49-20-31(25-10-6-3-7-11-25)13-12-30(18-41-47,44-21-40-42-28(44)45)19-43(31)29(46)48-17-23-8-4-2-5-9-23;1-22(24-15-26(32(34,35)36)17-27(16-24)33(37,38)39)48-20-30(25-11-7-4-8-12-25)13-14-31(40-2,44-21-41-42-28(44)45)19-43(30)29(46)47-18-23-9-5-3-6-10-23/h2-11,14-16,18,21-22,47H,12-13,17,19-20H2,1H3,(H,42,45);3-12,15-17,21-22H,13-14,18-20H2,1H3,(H,42,45)/b41-18+;/t22-,30-,31-;22-,30-,31+/m11/s1. The molecule has 0 bridgehead atoms. The number of nitrogens with zero attached hydrogens (tertiary/aromatic N) is 8. The van der Waals surface area contributed by atoms with Crippen LogP contribution in [0.5, 0.6) is 0 Å². The number of hydrogen-bond acceptors (Lipinski definition) is 12. The average Bonchev–Trinajstić information content (AvgIpc) is 1.73. The van der Waals surface area contributed by atoms with Gasteiger partial charge in [-0.1, -0.05) is 126 Å². The monoisotopic (exact) mass is 1360 g/mol. The van der Waals surface area contributed by atoms with E-state index in [4.69, 9.17) is 25.5 Å². The molecule has 2 saturated heterocycles. The van der Waals surface area contributed by atoms with Crippen LogP contribution in [0.4, 0.5) is 62.3 Å². The summed E-state index contributed by atoms with van der Waals surface area (Å²) < 4.78 is 189. The highest BCUT2D eigenvalue weighted by Gasteiger charge is 2.58. The zero-order valence-electron chi connectivity index (χ0n) is 51.3. The van der Waals surface area contributed by atoms with Gasteiger partial charge in [0.25, 0.3) is 0 Å². The minimum atomic E-state index is -5.06. The van der Waals surface area contributed by atoms with E-state index in [2.05, 4.69) is 30.4 Å². The van der Waals surface area contributed by atoms with E-state index in [0.717, 1.165) is 21.7 Å². The number of oxime groups is 1. The summed E-state index contributed by atoms with van der Waals surface area (Å²) in [6.07, 6.45) is -21.2. The van der Waals surface area contributed by atoms with Crippen molar-refractivity contribution in [3.05, 3.63) is 258 Å². The van der Waals surface area contributed by atoms with E-state index in [0.29, 0.717) is 46.5 Å². The van der Waals surface area contributed by atoms with Crippen LogP contribution in [0, 0.1) is 6.57 Å². The molecule has 0 radical (unpaired) electrons. The van der Waals surface area contributed by atoms with Crippen molar-refractivity contribution >= 4 is 18.4 Å². The van der Waals surface area contributed by atoms with Crippen molar-refractivity contribution in [1.82, 2.24) is 39.3 Å². The molecule has 97 heavy (non-hydrogen) atoms. The van der Waals surface area contributed by atoms with Gasteiger partial charge in [0, 0.05) is 0 Å². The first-order valence-electron chi connectivity index (χ1n) is 29.6. The molecule has 31 heteroatoms. The first-order chi connectivity index (χ1) is 45.9. The number of halogens is 12. The quantitative estimate of drug-likeness (QED) is 0.0256. The number of ether oxygens (including phenoxy) is 4. The zero-order chi connectivity index (χ0) is 70.2. The second kappa shape index (κ2) is 28.6. The third-order valence-corrected chi connectivity index (χ3v) is 17.1. The smallest absolute Gasteiger partial charge is 0.416 e. The molecule has 2 aromatic heterocycles. The number of piperidine rings is 2. The maximum Gasteiger partial charge on any atom is 0.416 e. The van der Waals surface area contributed by atoms with Gasteiger partial charge in [0.2, 0.25) is 0 Å². The van der Waals surface area contributed by atoms with Gasteiger partial charge in [-0.15, -0.1) is 0 Å². The van der Waals surface area contributed by atoms with Crippen LogP contribution in [0.25, 0.3) is 4.85 Å². The summed E-state index contributed by atoms with van der Waals surface area (Å²) in [7, 11) is 0. The highest BCUT2D eigenvalue weighted by Crippen LogP contribution is 2.48. The first kappa shape index (κ1) is 71.1. The molecule has 4 heterocycles. The molecule has 19 nitrogen and oxygen atoms in total. The Bertz CT molecular complexity index is 4140. The Morgan fingerprint density at radius 1 is 0.557 bits per heavy atom. The van der Waals surface area contributed by atoms with Gasteiger partial charge in [0.15, 0.2) is 0 Å². The zero-order valence-corrected chi connectivity index (χ0v) is 51.3.